The maximum Gasteiger partial charge on any atom is 0.261 e. The van der Waals surface area contributed by atoms with Gasteiger partial charge >= 0.3 is 0 Å². The van der Waals surface area contributed by atoms with Crippen LogP contribution in [0.1, 0.15) is 65.7 Å². The fourth-order valence-corrected chi connectivity index (χ4v) is 6.88. The van der Waals surface area contributed by atoms with Crippen molar-refractivity contribution in [2.24, 2.45) is 0 Å². The highest BCUT2D eigenvalue weighted by atomic mass is 35.5. The molecule has 2 saturated heterocycles. The number of likely N-dealkylation sites (tertiary alicyclic amines) is 1. The van der Waals surface area contributed by atoms with Crippen molar-refractivity contribution in [2.45, 2.75) is 64.0 Å². The van der Waals surface area contributed by atoms with Crippen LogP contribution >= 0.6 is 11.6 Å². The number of aromatic nitrogens is 1. The molecule has 0 bridgehead atoms. The highest BCUT2D eigenvalue weighted by Crippen LogP contribution is 2.25. The molecule has 3 aliphatic rings. The average Bonchev–Trinajstić information content (AvgIpc) is 3.01. The number of piperidine rings is 1. The van der Waals surface area contributed by atoms with E-state index in [0.717, 1.165) is 106 Å². The quantitative estimate of drug-likeness (QED) is 0.366. The number of carbonyl (C=O) groups is 1. The van der Waals surface area contributed by atoms with E-state index < -0.39 is 0 Å². The fourth-order valence-electron chi connectivity index (χ4n) is 6.70. The summed E-state index contributed by atoms with van der Waals surface area (Å²) in [4.78, 5) is 36.2. The third-order valence-corrected chi connectivity index (χ3v) is 9.26. The fraction of sp³-hybridized carbons (Fsp3) is 0.471. The van der Waals surface area contributed by atoms with Crippen LogP contribution < -0.4 is 15.2 Å². The largest absolute Gasteiger partial charge is 0.494 e. The van der Waals surface area contributed by atoms with E-state index in [1.54, 1.807) is 0 Å². The third kappa shape index (κ3) is 6.84. The topological polar surface area (TPSA) is 68.9 Å². The van der Waals surface area contributed by atoms with E-state index >= 15 is 0 Å². The van der Waals surface area contributed by atoms with Crippen molar-refractivity contribution in [2.75, 3.05) is 44.2 Å². The Morgan fingerprint density at radius 2 is 1.76 bits per heavy atom. The normalized spacial score (nSPS) is 19.4. The molecule has 2 aliphatic heterocycles. The molecule has 1 amide bonds. The summed E-state index contributed by atoms with van der Waals surface area (Å²) in [6.07, 6.45) is 7.79. The van der Waals surface area contributed by atoms with Crippen LogP contribution in [0.25, 0.3) is 0 Å². The standard InChI is InChI=1S/C34H41ClN4O3/c35-27-9-6-11-29(23-27)38-18-16-37(17-19-38)24-25-7-5-12-30(21-25)42-20-14-28-10-3-4-15-39(28)34(41)31-22-26-8-1-2-13-32(26)36-33(31)40/h5-7,9,11-12,21-23,28H,1-4,8,10,13-20,24H2,(H,36,40). The zero-order valence-electron chi connectivity index (χ0n) is 24.3. The summed E-state index contributed by atoms with van der Waals surface area (Å²) in [5, 5.41) is 0.777. The number of piperazine rings is 1. The lowest BCUT2D eigenvalue weighted by molar-refractivity contribution is 0.0578. The predicted molar refractivity (Wildman–Crippen MR) is 168 cm³/mol. The summed E-state index contributed by atoms with van der Waals surface area (Å²) in [5.41, 5.74) is 4.61. The molecule has 0 spiro atoms. The van der Waals surface area contributed by atoms with Crippen LogP contribution in [-0.4, -0.2) is 66.1 Å². The van der Waals surface area contributed by atoms with E-state index in [1.807, 2.05) is 35.2 Å². The van der Waals surface area contributed by atoms with Crippen molar-refractivity contribution in [3.05, 3.63) is 92.4 Å². The number of carbonyl (C=O) groups excluding carboxylic acids is 1. The highest BCUT2D eigenvalue weighted by molar-refractivity contribution is 6.30. The van der Waals surface area contributed by atoms with Gasteiger partial charge in [-0.25, -0.2) is 0 Å². The second-order valence-corrected chi connectivity index (χ2v) is 12.3. The smallest absolute Gasteiger partial charge is 0.261 e. The maximum absolute atomic E-state index is 13.6. The Balaban J connectivity index is 1.02. The van der Waals surface area contributed by atoms with Gasteiger partial charge in [-0.2, -0.15) is 0 Å². The number of amides is 1. The zero-order valence-corrected chi connectivity index (χ0v) is 25.1. The van der Waals surface area contributed by atoms with Crippen molar-refractivity contribution in [3.63, 3.8) is 0 Å². The van der Waals surface area contributed by atoms with Gasteiger partial charge in [-0.15, -0.1) is 0 Å². The molecule has 1 N–H and O–H groups in total. The summed E-state index contributed by atoms with van der Waals surface area (Å²) in [6.45, 7) is 6.07. The molecule has 1 unspecified atom stereocenters. The monoisotopic (exact) mass is 588 g/mol. The number of aryl methyl sites for hydroxylation is 2. The molecule has 0 saturated carbocycles. The van der Waals surface area contributed by atoms with Gasteiger partial charge in [0.25, 0.3) is 11.5 Å². The van der Waals surface area contributed by atoms with Crippen LogP contribution in [0.4, 0.5) is 5.69 Å². The maximum atomic E-state index is 13.6. The summed E-state index contributed by atoms with van der Waals surface area (Å²) in [6, 6.07) is 18.4. The molecule has 2 fully saturated rings. The first-order valence-corrected chi connectivity index (χ1v) is 15.9. The number of halogens is 1. The number of aromatic amines is 1. The lowest BCUT2D eigenvalue weighted by atomic mass is 9.94. The van der Waals surface area contributed by atoms with Gasteiger partial charge in [-0.3, -0.25) is 14.5 Å². The second kappa shape index (κ2) is 13.3. The molecule has 1 atom stereocenters. The number of fused-ring (bicyclic) bond motifs is 1. The molecule has 3 heterocycles. The van der Waals surface area contributed by atoms with Crippen LogP contribution in [-0.2, 0) is 19.4 Å². The number of nitrogens with one attached hydrogen (secondary N) is 1. The second-order valence-electron chi connectivity index (χ2n) is 11.9. The molecule has 7 nitrogen and oxygen atoms in total. The number of ether oxygens (including phenoxy) is 1. The summed E-state index contributed by atoms with van der Waals surface area (Å²) >= 11 is 6.19. The molecular weight excluding hydrogens is 548 g/mol. The lowest BCUT2D eigenvalue weighted by Crippen LogP contribution is -2.46. The Morgan fingerprint density at radius 1 is 0.929 bits per heavy atom. The molecule has 6 rings (SSSR count). The molecule has 2 aromatic carbocycles. The highest BCUT2D eigenvalue weighted by Gasteiger charge is 2.29. The number of nitrogens with zero attached hydrogens (tertiary/aromatic N) is 3. The first kappa shape index (κ1) is 28.8. The molecule has 3 aromatic rings. The van der Waals surface area contributed by atoms with Gasteiger partial charge in [0, 0.05) is 68.1 Å². The van der Waals surface area contributed by atoms with Crippen LogP contribution in [0.2, 0.25) is 5.02 Å². The SMILES string of the molecule is O=C(c1cc2c([nH]c1=O)CCCC2)N1CCCCC1CCOc1cccc(CN2CCN(c3cccc(Cl)c3)CC2)c1. The van der Waals surface area contributed by atoms with E-state index in [9.17, 15) is 9.59 Å². The number of hydrogen-bond donors (Lipinski definition) is 1. The molecule has 222 valence electrons. The van der Waals surface area contributed by atoms with Crippen molar-refractivity contribution in [1.29, 1.82) is 0 Å². The van der Waals surface area contributed by atoms with E-state index in [4.69, 9.17) is 16.3 Å². The van der Waals surface area contributed by atoms with E-state index in [2.05, 4.69) is 39.0 Å². The third-order valence-electron chi connectivity index (χ3n) is 9.03. The van der Waals surface area contributed by atoms with Crippen LogP contribution in [0, 0.1) is 0 Å². The summed E-state index contributed by atoms with van der Waals surface area (Å²) in [7, 11) is 0. The van der Waals surface area contributed by atoms with E-state index in [1.165, 1.54) is 11.3 Å². The number of benzene rings is 2. The van der Waals surface area contributed by atoms with Gasteiger partial charge in [0.15, 0.2) is 0 Å². The van der Waals surface area contributed by atoms with Crippen molar-refractivity contribution in [1.82, 2.24) is 14.8 Å². The van der Waals surface area contributed by atoms with Crippen LogP contribution in [0.5, 0.6) is 5.75 Å². The van der Waals surface area contributed by atoms with Crippen molar-refractivity contribution < 1.29 is 9.53 Å². The molecular formula is C34H41ClN4O3. The summed E-state index contributed by atoms with van der Waals surface area (Å²) in [5.74, 6) is 0.733. The first-order chi connectivity index (χ1) is 20.5. The number of pyridine rings is 1. The predicted octanol–water partition coefficient (Wildman–Crippen LogP) is 5.69. The van der Waals surface area contributed by atoms with Crippen molar-refractivity contribution >= 4 is 23.2 Å². The lowest BCUT2D eigenvalue weighted by Gasteiger charge is -2.36. The van der Waals surface area contributed by atoms with Gasteiger partial charge in [-0.05, 0) is 92.5 Å². The number of rotatable bonds is 8. The number of H-pyrrole nitrogens is 1. The Hall–Kier alpha value is -3.29. The minimum atomic E-state index is -0.246. The van der Waals surface area contributed by atoms with E-state index in [-0.39, 0.29) is 17.5 Å². The Labute approximate surface area is 253 Å². The number of hydrogen-bond acceptors (Lipinski definition) is 5. The molecule has 8 heteroatoms. The number of anilines is 1. The summed E-state index contributed by atoms with van der Waals surface area (Å²) < 4.78 is 6.21. The Bertz CT molecular complexity index is 1450. The molecule has 1 aliphatic carbocycles. The first-order valence-electron chi connectivity index (χ1n) is 15.5. The van der Waals surface area contributed by atoms with Gasteiger partial charge in [0.1, 0.15) is 11.3 Å². The Kier molecular flexibility index (Phi) is 9.15. The van der Waals surface area contributed by atoms with Gasteiger partial charge in [0.2, 0.25) is 0 Å². The molecule has 1 aromatic heterocycles. The molecule has 0 radical (unpaired) electrons. The minimum Gasteiger partial charge on any atom is -0.494 e. The van der Waals surface area contributed by atoms with E-state index in [0.29, 0.717) is 18.7 Å². The molecule has 42 heavy (non-hydrogen) atoms. The average molecular weight is 589 g/mol. The van der Waals surface area contributed by atoms with Gasteiger partial charge in [0.05, 0.1) is 6.61 Å². The van der Waals surface area contributed by atoms with Crippen molar-refractivity contribution in [3.8, 4) is 5.75 Å². The van der Waals surface area contributed by atoms with Crippen LogP contribution in [0.3, 0.4) is 0 Å². The van der Waals surface area contributed by atoms with Gasteiger partial charge < -0.3 is 19.5 Å². The Morgan fingerprint density at radius 3 is 2.62 bits per heavy atom. The van der Waals surface area contributed by atoms with Gasteiger partial charge in [-0.1, -0.05) is 29.8 Å². The zero-order chi connectivity index (χ0) is 28.9. The van der Waals surface area contributed by atoms with Crippen LogP contribution in [0.15, 0.2) is 59.4 Å². The minimum absolute atomic E-state index is 0.0839.